The number of ether oxygens (including phenoxy) is 1. The fraction of sp³-hybridized carbons (Fsp3) is 1.00. The molecule has 0 aromatic carbocycles. The molecule has 14 heavy (non-hydrogen) atoms. The molecule has 1 aliphatic heterocycles. The lowest BCUT2D eigenvalue weighted by molar-refractivity contribution is 0.113. The van der Waals surface area contributed by atoms with E-state index in [1.54, 1.807) is 6.92 Å². The van der Waals surface area contributed by atoms with Crippen LogP contribution < -0.4 is 5.32 Å². The molecule has 2 atom stereocenters. The van der Waals surface area contributed by atoms with Gasteiger partial charge in [0, 0.05) is 24.9 Å². The second kappa shape index (κ2) is 5.09. The van der Waals surface area contributed by atoms with Crippen molar-refractivity contribution < 1.29 is 13.2 Å². The van der Waals surface area contributed by atoms with Crippen molar-refractivity contribution >= 4 is 9.84 Å². The van der Waals surface area contributed by atoms with Gasteiger partial charge in [0.15, 0.2) is 9.84 Å². The van der Waals surface area contributed by atoms with Crippen LogP contribution in [-0.4, -0.2) is 45.2 Å². The van der Waals surface area contributed by atoms with Gasteiger partial charge in [0.25, 0.3) is 0 Å². The summed E-state index contributed by atoms with van der Waals surface area (Å²) in [6.07, 6.45) is 1.19. The molecule has 0 bridgehead atoms. The normalized spacial score (nSPS) is 28.1. The number of hydrogen-bond acceptors (Lipinski definition) is 4. The summed E-state index contributed by atoms with van der Waals surface area (Å²) >= 11 is 0. The molecule has 1 aliphatic rings. The zero-order valence-corrected chi connectivity index (χ0v) is 9.64. The molecular weight excluding hydrogens is 202 g/mol. The molecule has 4 nitrogen and oxygen atoms in total. The van der Waals surface area contributed by atoms with Crippen LogP contribution in [-0.2, 0) is 14.6 Å². The van der Waals surface area contributed by atoms with E-state index in [0.717, 1.165) is 13.0 Å². The molecule has 1 heterocycles. The van der Waals surface area contributed by atoms with Gasteiger partial charge < -0.3 is 10.1 Å². The smallest absolute Gasteiger partial charge is 0.151 e. The molecule has 0 aliphatic carbocycles. The average molecular weight is 221 g/mol. The molecule has 0 spiro atoms. The first-order valence-corrected chi connectivity index (χ1v) is 6.92. The van der Waals surface area contributed by atoms with Crippen LogP contribution in [0.3, 0.4) is 0 Å². The Balaban J connectivity index is 2.21. The highest BCUT2D eigenvalue weighted by atomic mass is 32.2. The third-order valence-electron chi connectivity index (χ3n) is 2.64. The SMILES string of the molecule is CCS(=O)(=O)CCNC1CCOC1C. The molecule has 1 rings (SSSR count). The molecule has 1 fully saturated rings. The van der Waals surface area contributed by atoms with Crippen molar-refractivity contribution in [2.24, 2.45) is 0 Å². The van der Waals surface area contributed by atoms with E-state index in [2.05, 4.69) is 5.32 Å². The highest BCUT2D eigenvalue weighted by Gasteiger charge is 2.23. The quantitative estimate of drug-likeness (QED) is 0.720. The molecule has 84 valence electrons. The van der Waals surface area contributed by atoms with E-state index in [-0.39, 0.29) is 17.6 Å². The fourth-order valence-corrected chi connectivity index (χ4v) is 2.26. The van der Waals surface area contributed by atoms with Gasteiger partial charge in [-0.1, -0.05) is 6.92 Å². The van der Waals surface area contributed by atoms with Gasteiger partial charge in [-0.3, -0.25) is 0 Å². The Morgan fingerprint density at radius 2 is 2.21 bits per heavy atom. The van der Waals surface area contributed by atoms with E-state index in [0.29, 0.717) is 12.6 Å². The van der Waals surface area contributed by atoms with Gasteiger partial charge >= 0.3 is 0 Å². The summed E-state index contributed by atoms with van der Waals surface area (Å²) in [5.74, 6) is 0.456. The van der Waals surface area contributed by atoms with Gasteiger partial charge in [0.1, 0.15) is 0 Å². The lowest BCUT2D eigenvalue weighted by Gasteiger charge is -2.15. The van der Waals surface area contributed by atoms with Crippen LogP contribution in [0, 0.1) is 0 Å². The minimum atomic E-state index is -2.83. The molecule has 0 saturated carbocycles. The molecule has 2 unspecified atom stereocenters. The van der Waals surface area contributed by atoms with E-state index in [1.807, 2.05) is 6.92 Å². The molecule has 1 N–H and O–H groups in total. The summed E-state index contributed by atoms with van der Waals surface area (Å²) in [4.78, 5) is 0. The van der Waals surface area contributed by atoms with E-state index in [9.17, 15) is 8.42 Å². The Bertz CT molecular complexity index is 263. The lowest BCUT2D eigenvalue weighted by Crippen LogP contribution is -2.37. The summed E-state index contributed by atoms with van der Waals surface area (Å²) in [5.41, 5.74) is 0. The van der Waals surface area contributed by atoms with Crippen LogP contribution in [0.2, 0.25) is 0 Å². The third kappa shape index (κ3) is 3.55. The Kier molecular flexibility index (Phi) is 4.34. The highest BCUT2D eigenvalue weighted by molar-refractivity contribution is 7.91. The number of hydrogen-bond donors (Lipinski definition) is 1. The highest BCUT2D eigenvalue weighted by Crippen LogP contribution is 2.11. The van der Waals surface area contributed by atoms with Crippen molar-refractivity contribution in [1.29, 1.82) is 0 Å². The van der Waals surface area contributed by atoms with Gasteiger partial charge in [0.2, 0.25) is 0 Å². The average Bonchev–Trinajstić information content (AvgIpc) is 2.52. The molecular formula is C9H19NO3S. The Morgan fingerprint density at radius 1 is 1.50 bits per heavy atom. The topological polar surface area (TPSA) is 55.4 Å². The molecule has 5 heteroatoms. The summed E-state index contributed by atoms with van der Waals surface area (Å²) in [5, 5.41) is 3.22. The van der Waals surface area contributed by atoms with Crippen molar-refractivity contribution in [3.63, 3.8) is 0 Å². The zero-order valence-electron chi connectivity index (χ0n) is 8.82. The first kappa shape index (κ1) is 11.9. The van der Waals surface area contributed by atoms with Crippen LogP contribution in [0.25, 0.3) is 0 Å². The minimum Gasteiger partial charge on any atom is -0.377 e. The van der Waals surface area contributed by atoms with Crippen molar-refractivity contribution in [2.45, 2.75) is 32.4 Å². The maximum absolute atomic E-state index is 11.2. The van der Waals surface area contributed by atoms with Crippen LogP contribution in [0.4, 0.5) is 0 Å². The van der Waals surface area contributed by atoms with E-state index in [1.165, 1.54) is 0 Å². The lowest BCUT2D eigenvalue weighted by atomic mass is 10.2. The van der Waals surface area contributed by atoms with Crippen LogP contribution in [0.5, 0.6) is 0 Å². The van der Waals surface area contributed by atoms with Gasteiger partial charge in [-0.15, -0.1) is 0 Å². The van der Waals surface area contributed by atoms with Gasteiger partial charge in [-0.2, -0.15) is 0 Å². The van der Waals surface area contributed by atoms with Crippen LogP contribution >= 0.6 is 0 Å². The second-order valence-corrected chi connectivity index (χ2v) is 6.13. The predicted molar refractivity (Wildman–Crippen MR) is 56.1 cm³/mol. The summed E-state index contributed by atoms with van der Waals surface area (Å²) in [6.45, 7) is 5.00. The standard InChI is InChI=1S/C9H19NO3S/c1-3-14(11,12)7-5-10-9-4-6-13-8(9)2/h8-10H,3-7H2,1-2H3. The molecule has 0 aromatic heterocycles. The maximum atomic E-state index is 11.2. The van der Waals surface area contributed by atoms with E-state index < -0.39 is 9.84 Å². The Morgan fingerprint density at radius 3 is 2.71 bits per heavy atom. The Labute approximate surface area is 85.9 Å². The van der Waals surface area contributed by atoms with Crippen LogP contribution in [0.15, 0.2) is 0 Å². The first-order valence-electron chi connectivity index (χ1n) is 5.10. The van der Waals surface area contributed by atoms with E-state index in [4.69, 9.17) is 4.74 Å². The van der Waals surface area contributed by atoms with Crippen LogP contribution in [0.1, 0.15) is 20.3 Å². The third-order valence-corrected chi connectivity index (χ3v) is 4.34. The first-order chi connectivity index (χ1) is 6.55. The van der Waals surface area contributed by atoms with E-state index >= 15 is 0 Å². The Hall–Kier alpha value is -0.130. The van der Waals surface area contributed by atoms with Crippen molar-refractivity contribution in [1.82, 2.24) is 5.32 Å². The molecule has 0 radical (unpaired) electrons. The summed E-state index contributed by atoms with van der Waals surface area (Å²) < 4.78 is 27.7. The number of nitrogens with one attached hydrogen (secondary N) is 1. The number of sulfone groups is 1. The minimum absolute atomic E-state index is 0.208. The largest absolute Gasteiger partial charge is 0.377 e. The van der Waals surface area contributed by atoms with Gasteiger partial charge in [-0.05, 0) is 13.3 Å². The predicted octanol–water partition coefficient (Wildman–Crippen LogP) is 0.188. The molecule has 0 amide bonds. The summed E-state index contributed by atoms with van der Waals surface area (Å²) in [7, 11) is -2.83. The maximum Gasteiger partial charge on any atom is 0.151 e. The monoisotopic (exact) mass is 221 g/mol. The fourth-order valence-electron chi connectivity index (χ4n) is 1.54. The second-order valence-electron chi connectivity index (χ2n) is 3.66. The van der Waals surface area contributed by atoms with Crippen molar-refractivity contribution in [3.8, 4) is 0 Å². The summed E-state index contributed by atoms with van der Waals surface area (Å²) in [6, 6.07) is 0.321. The van der Waals surface area contributed by atoms with Gasteiger partial charge in [0.05, 0.1) is 11.9 Å². The van der Waals surface area contributed by atoms with Crippen molar-refractivity contribution in [3.05, 3.63) is 0 Å². The van der Waals surface area contributed by atoms with Crippen molar-refractivity contribution in [2.75, 3.05) is 24.7 Å². The molecule has 1 saturated heterocycles. The van der Waals surface area contributed by atoms with Gasteiger partial charge in [-0.25, -0.2) is 8.42 Å². The number of rotatable bonds is 5. The zero-order chi connectivity index (χ0) is 10.6. The molecule has 0 aromatic rings.